The minimum absolute atomic E-state index is 0.0151. The minimum atomic E-state index is -1.39. The number of rotatable bonds is 39. The van der Waals surface area contributed by atoms with Gasteiger partial charge in [-0.2, -0.15) is 0 Å². The largest absolute Gasteiger partial charge is 0.465 e. The predicted molar refractivity (Wildman–Crippen MR) is 318 cm³/mol. The summed E-state index contributed by atoms with van der Waals surface area (Å²) in [6, 6.07) is 40.0. The van der Waals surface area contributed by atoms with Crippen molar-refractivity contribution in [1.29, 1.82) is 0 Å². The van der Waals surface area contributed by atoms with Crippen LogP contribution >= 0.6 is 0 Å². The maximum atomic E-state index is 14.2. The lowest BCUT2D eigenvalue weighted by Crippen LogP contribution is -2.53. The first-order valence-corrected chi connectivity index (χ1v) is 29.0. The molecule has 458 valence electrons. The minimum Gasteiger partial charge on any atom is -0.465 e. The van der Waals surface area contributed by atoms with Gasteiger partial charge in [-0.1, -0.05) is 152 Å². The second-order valence-electron chi connectivity index (χ2n) is 20.5. The summed E-state index contributed by atoms with van der Waals surface area (Å²) in [5, 5.41) is 13.7. The quantitative estimate of drug-likeness (QED) is 0.0174. The molecule has 5 atom stereocenters. The Balaban J connectivity index is 1.15. The van der Waals surface area contributed by atoms with Gasteiger partial charge in [0.1, 0.15) is 42.6 Å². The number of carbonyl (C=O) groups excluding carboxylic acids is 10. The molecule has 0 aliphatic heterocycles. The lowest BCUT2D eigenvalue weighted by molar-refractivity contribution is -0.150. The van der Waals surface area contributed by atoms with Crippen LogP contribution in [0, 0.1) is 0 Å². The number of Topliss-reactive ketones (excluding diaryl/α,β-unsaturated/α-hetero) is 1. The van der Waals surface area contributed by atoms with Gasteiger partial charge in [0.25, 0.3) is 0 Å². The van der Waals surface area contributed by atoms with Crippen LogP contribution in [0.1, 0.15) is 98.9 Å². The Morgan fingerprint density at radius 2 is 0.651 bits per heavy atom. The van der Waals surface area contributed by atoms with Crippen molar-refractivity contribution in [2.75, 3.05) is 33.5 Å². The smallest absolute Gasteiger partial charge is 0.328 e. The van der Waals surface area contributed by atoms with E-state index in [1.807, 2.05) is 54.6 Å². The molecule has 5 rings (SSSR count). The average Bonchev–Trinajstić information content (AvgIpc) is 3.60. The molecule has 4 amide bonds. The van der Waals surface area contributed by atoms with Crippen molar-refractivity contribution in [2.24, 2.45) is 0 Å². The summed E-state index contributed by atoms with van der Waals surface area (Å²) >= 11 is 0. The Morgan fingerprint density at radius 1 is 0.349 bits per heavy atom. The molecule has 0 heterocycles. The first-order chi connectivity index (χ1) is 41.6. The molecule has 5 aromatic carbocycles. The third-order valence-corrected chi connectivity index (χ3v) is 13.5. The summed E-state index contributed by atoms with van der Waals surface area (Å²) in [4.78, 5) is 132. The lowest BCUT2D eigenvalue weighted by Gasteiger charge is -2.23. The van der Waals surface area contributed by atoms with Gasteiger partial charge in [-0.05, 0) is 80.3 Å². The Bertz CT molecular complexity index is 2920. The third kappa shape index (κ3) is 27.1. The number of unbranched alkanes of at least 4 members (excludes halogenated alkanes) is 2. The van der Waals surface area contributed by atoms with E-state index < -0.39 is 96.5 Å². The van der Waals surface area contributed by atoms with Crippen LogP contribution in [0.3, 0.4) is 0 Å². The molecule has 0 spiro atoms. The number of hydrogen-bond donors (Lipinski definition) is 5. The van der Waals surface area contributed by atoms with Crippen molar-refractivity contribution in [3.63, 3.8) is 0 Å². The highest BCUT2D eigenvalue weighted by Gasteiger charge is 2.30. The maximum Gasteiger partial charge on any atom is 0.328 e. The third-order valence-electron chi connectivity index (χ3n) is 13.5. The van der Waals surface area contributed by atoms with E-state index in [2.05, 4.69) is 26.6 Å². The van der Waals surface area contributed by atoms with Gasteiger partial charge in [0.2, 0.25) is 23.6 Å². The van der Waals surface area contributed by atoms with Gasteiger partial charge >= 0.3 is 29.8 Å². The normalized spacial score (nSPS) is 12.5. The first-order valence-electron chi connectivity index (χ1n) is 29.0. The molecule has 0 fully saturated rings. The molecular weight excluding hydrogens is 1100 g/mol. The van der Waals surface area contributed by atoms with Crippen LogP contribution in [-0.2, 0) is 104 Å². The molecule has 5 aromatic rings. The number of ether oxygens (including phenoxy) is 5. The van der Waals surface area contributed by atoms with Crippen LogP contribution in [0.25, 0.3) is 0 Å². The van der Waals surface area contributed by atoms with Crippen molar-refractivity contribution < 1.29 is 71.6 Å². The van der Waals surface area contributed by atoms with Crippen LogP contribution < -0.4 is 26.6 Å². The molecule has 0 saturated heterocycles. The highest BCUT2D eigenvalue weighted by Crippen LogP contribution is 2.13. The number of esters is 5. The van der Waals surface area contributed by atoms with Gasteiger partial charge in [0.05, 0.1) is 26.4 Å². The number of carbonyl (C=O) groups is 10. The summed E-state index contributed by atoms with van der Waals surface area (Å²) in [7, 11) is 1.68. The summed E-state index contributed by atoms with van der Waals surface area (Å²) < 4.78 is 27.6. The molecule has 0 aliphatic rings. The molecule has 20 nitrogen and oxygen atoms in total. The van der Waals surface area contributed by atoms with Gasteiger partial charge in [0, 0.05) is 51.4 Å². The van der Waals surface area contributed by atoms with Crippen LogP contribution in [0.2, 0.25) is 0 Å². The molecule has 5 N–H and O–H groups in total. The average molecular weight is 1180 g/mol. The molecule has 0 aliphatic carbocycles. The molecule has 5 unspecified atom stereocenters. The maximum absolute atomic E-state index is 14.2. The number of ketones is 1. The standard InChI is InChI=1S/C66H79N5O15/c1-47(72)32-34-58(73)69-55(43-49-24-10-4-11-25-49)64(79)83-39-20-21-40-84-65(80)56(44-50-26-12-5-13-27-50)70-60(75)36-35-59(74)68-53(33-37-61(76)86-46-52-30-16-7-17-31-52)62(77)71-57(45-51-28-14-6-15-29-51)66(81)85-41-19-18-38-82-63(78)54(67-2)42-48-22-8-3-9-23-48/h3-17,22-31,53-57,67H,18-21,32-46H2,1-2H3,(H,68,74)(H,69,73)(H,70,75)(H,71,77). The van der Waals surface area contributed by atoms with Crippen LogP contribution in [0.15, 0.2) is 152 Å². The van der Waals surface area contributed by atoms with Gasteiger partial charge in [-0.25, -0.2) is 14.4 Å². The van der Waals surface area contributed by atoms with E-state index in [4.69, 9.17) is 23.7 Å². The molecular formula is C66H79N5O15. The van der Waals surface area contributed by atoms with E-state index in [9.17, 15) is 47.9 Å². The summed E-state index contributed by atoms with van der Waals surface area (Å²) in [6.07, 6.45) is 0.536. The monoisotopic (exact) mass is 1180 g/mol. The highest BCUT2D eigenvalue weighted by molar-refractivity contribution is 5.93. The number of nitrogens with one attached hydrogen (secondary N) is 5. The lowest BCUT2D eigenvalue weighted by atomic mass is 10.0. The number of likely N-dealkylation sites (N-methyl/N-ethyl adjacent to an activating group) is 1. The SMILES string of the molecule is CNC(Cc1ccccc1)C(=O)OCCCCOC(=O)C(Cc1ccccc1)NC(=O)C(CCC(=O)OCc1ccccc1)NC(=O)CCC(=O)NC(Cc1ccccc1)C(=O)OCCCCOC(=O)C(Cc1ccccc1)NC(=O)CCC(C)=O. The van der Waals surface area contributed by atoms with Crippen molar-refractivity contribution in [3.05, 3.63) is 179 Å². The molecule has 0 aromatic heterocycles. The van der Waals surface area contributed by atoms with E-state index in [1.165, 1.54) is 6.92 Å². The zero-order chi connectivity index (χ0) is 61.7. The van der Waals surface area contributed by atoms with Gasteiger partial charge < -0.3 is 55.1 Å². The van der Waals surface area contributed by atoms with E-state index in [0.29, 0.717) is 36.8 Å². The topological polar surface area (TPSA) is 277 Å². The fourth-order valence-electron chi connectivity index (χ4n) is 8.71. The molecule has 20 heteroatoms. The van der Waals surface area contributed by atoms with E-state index in [1.54, 1.807) is 104 Å². The van der Waals surface area contributed by atoms with E-state index >= 15 is 0 Å². The summed E-state index contributed by atoms with van der Waals surface area (Å²) in [5.41, 5.74) is 3.90. The molecule has 0 saturated carbocycles. The Morgan fingerprint density at radius 3 is 1.00 bits per heavy atom. The Labute approximate surface area is 502 Å². The first kappa shape index (κ1) is 67.7. The van der Waals surface area contributed by atoms with Gasteiger partial charge in [0.15, 0.2) is 0 Å². The number of benzene rings is 5. The van der Waals surface area contributed by atoms with Crippen LogP contribution in [-0.4, -0.2) is 123 Å². The molecule has 0 bridgehead atoms. The zero-order valence-electron chi connectivity index (χ0n) is 48.9. The second kappa shape index (κ2) is 38.7. The van der Waals surface area contributed by atoms with Crippen molar-refractivity contribution >= 4 is 59.3 Å². The number of amides is 4. The van der Waals surface area contributed by atoms with Crippen molar-refractivity contribution in [3.8, 4) is 0 Å². The summed E-state index contributed by atoms with van der Waals surface area (Å²) in [5.74, 6) is -6.09. The Kier molecular flexibility index (Phi) is 30.5. The predicted octanol–water partition coefficient (Wildman–Crippen LogP) is 5.89. The fourth-order valence-corrected chi connectivity index (χ4v) is 8.71. The van der Waals surface area contributed by atoms with Gasteiger partial charge in [-0.3, -0.25) is 28.8 Å². The van der Waals surface area contributed by atoms with E-state index in [0.717, 1.165) is 16.7 Å². The Hall–Kier alpha value is -9.04. The second-order valence-corrected chi connectivity index (χ2v) is 20.5. The molecule has 86 heavy (non-hydrogen) atoms. The van der Waals surface area contributed by atoms with Gasteiger partial charge in [-0.15, -0.1) is 0 Å². The number of hydrogen-bond acceptors (Lipinski definition) is 16. The van der Waals surface area contributed by atoms with Crippen molar-refractivity contribution in [2.45, 2.75) is 134 Å². The fraction of sp³-hybridized carbons (Fsp3) is 0.394. The zero-order valence-corrected chi connectivity index (χ0v) is 48.9. The van der Waals surface area contributed by atoms with E-state index in [-0.39, 0.29) is 90.2 Å². The molecule has 0 radical (unpaired) electrons. The van der Waals surface area contributed by atoms with Crippen LogP contribution in [0.4, 0.5) is 0 Å². The van der Waals surface area contributed by atoms with Crippen LogP contribution in [0.5, 0.6) is 0 Å². The highest BCUT2D eigenvalue weighted by atomic mass is 16.6. The summed E-state index contributed by atoms with van der Waals surface area (Å²) in [6.45, 7) is 1.25. The van der Waals surface area contributed by atoms with Crippen molar-refractivity contribution in [1.82, 2.24) is 26.6 Å².